The van der Waals surface area contributed by atoms with Crippen molar-refractivity contribution in [2.24, 2.45) is 4.99 Å². The van der Waals surface area contributed by atoms with Crippen molar-refractivity contribution in [1.29, 1.82) is 0 Å². The molecule has 3 rings (SSSR count). The summed E-state index contributed by atoms with van der Waals surface area (Å²) in [5.74, 6) is 0.895. The fraction of sp³-hybridized carbons (Fsp3) is 0.381. The van der Waals surface area contributed by atoms with E-state index < -0.39 is 0 Å². The highest BCUT2D eigenvalue weighted by Gasteiger charge is 2.23. The number of rotatable bonds is 5. The van der Waals surface area contributed by atoms with Crippen molar-refractivity contribution in [3.63, 3.8) is 0 Å². The van der Waals surface area contributed by atoms with Crippen molar-refractivity contribution in [2.45, 2.75) is 25.8 Å². The summed E-state index contributed by atoms with van der Waals surface area (Å²) in [6, 6.07) is 19.8. The number of nitrogens with one attached hydrogen (secondary N) is 2. The quantitative estimate of drug-likeness (QED) is 0.651. The van der Waals surface area contributed by atoms with Gasteiger partial charge in [0.15, 0.2) is 5.96 Å². The molecule has 0 saturated carbocycles. The molecule has 0 aromatic heterocycles. The van der Waals surface area contributed by atoms with Crippen molar-refractivity contribution in [3.05, 3.63) is 65.7 Å². The van der Waals surface area contributed by atoms with Crippen LogP contribution >= 0.6 is 0 Å². The zero-order valence-corrected chi connectivity index (χ0v) is 15.2. The van der Waals surface area contributed by atoms with E-state index in [1.165, 1.54) is 16.8 Å². The Morgan fingerprint density at radius 2 is 1.88 bits per heavy atom. The van der Waals surface area contributed by atoms with Gasteiger partial charge in [0.1, 0.15) is 0 Å². The maximum Gasteiger partial charge on any atom is 0.191 e. The van der Waals surface area contributed by atoms with E-state index in [4.69, 9.17) is 0 Å². The Hall–Kier alpha value is -2.49. The first-order valence-corrected chi connectivity index (χ1v) is 9.07. The number of para-hydroxylation sites is 1. The molecule has 2 N–H and O–H groups in total. The molecule has 1 unspecified atom stereocenters. The van der Waals surface area contributed by atoms with Gasteiger partial charge >= 0.3 is 0 Å². The lowest BCUT2D eigenvalue weighted by atomic mass is 10.1. The molecule has 2 aromatic rings. The van der Waals surface area contributed by atoms with Crippen LogP contribution in [0.3, 0.4) is 0 Å². The highest BCUT2D eigenvalue weighted by atomic mass is 15.2. The van der Waals surface area contributed by atoms with Crippen molar-refractivity contribution in [3.8, 4) is 0 Å². The van der Waals surface area contributed by atoms with Gasteiger partial charge in [0.05, 0.1) is 0 Å². The SMILES string of the molecule is CN=C(NCCc1ccc(C)cc1)NC1CCN(c2ccccc2)C1. The summed E-state index contributed by atoms with van der Waals surface area (Å²) >= 11 is 0. The van der Waals surface area contributed by atoms with E-state index in [0.29, 0.717) is 6.04 Å². The third kappa shape index (κ3) is 4.99. The van der Waals surface area contributed by atoms with Gasteiger partial charge in [-0.2, -0.15) is 0 Å². The second-order valence-corrected chi connectivity index (χ2v) is 6.65. The number of benzene rings is 2. The monoisotopic (exact) mass is 336 g/mol. The Morgan fingerprint density at radius 3 is 2.60 bits per heavy atom. The van der Waals surface area contributed by atoms with Crippen LogP contribution in [0.25, 0.3) is 0 Å². The molecular weight excluding hydrogens is 308 g/mol. The van der Waals surface area contributed by atoms with Crippen molar-refractivity contribution >= 4 is 11.6 Å². The highest BCUT2D eigenvalue weighted by molar-refractivity contribution is 5.80. The molecule has 0 radical (unpaired) electrons. The van der Waals surface area contributed by atoms with E-state index in [2.05, 4.69) is 82.0 Å². The Kier molecular flexibility index (Phi) is 5.94. The van der Waals surface area contributed by atoms with Gasteiger partial charge in [-0.3, -0.25) is 4.99 Å². The van der Waals surface area contributed by atoms with Gasteiger partial charge in [-0.1, -0.05) is 48.0 Å². The number of nitrogens with zero attached hydrogens (tertiary/aromatic N) is 2. The summed E-state index contributed by atoms with van der Waals surface area (Å²) in [5.41, 5.74) is 3.96. The topological polar surface area (TPSA) is 39.7 Å². The molecule has 1 saturated heterocycles. The Balaban J connectivity index is 1.44. The third-order valence-corrected chi connectivity index (χ3v) is 4.70. The Bertz CT molecular complexity index is 679. The van der Waals surface area contributed by atoms with Gasteiger partial charge in [0.25, 0.3) is 0 Å². The van der Waals surface area contributed by atoms with Crippen LogP contribution in [0.2, 0.25) is 0 Å². The predicted molar refractivity (Wildman–Crippen MR) is 106 cm³/mol. The molecule has 0 bridgehead atoms. The fourth-order valence-corrected chi connectivity index (χ4v) is 3.22. The predicted octanol–water partition coefficient (Wildman–Crippen LogP) is 2.98. The smallest absolute Gasteiger partial charge is 0.191 e. The van der Waals surface area contributed by atoms with E-state index in [0.717, 1.165) is 38.4 Å². The van der Waals surface area contributed by atoms with Crippen molar-refractivity contribution in [2.75, 3.05) is 31.6 Å². The summed E-state index contributed by atoms with van der Waals surface area (Å²) in [7, 11) is 1.84. The van der Waals surface area contributed by atoms with Gasteiger partial charge in [0, 0.05) is 38.4 Å². The molecule has 0 aliphatic carbocycles. The lowest BCUT2D eigenvalue weighted by Gasteiger charge is -2.20. The van der Waals surface area contributed by atoms with Crippen LogP contribution in [-0.4, -0.2) is 38.7 Å². The molecule has 0 amide bonds. The lowest BCUT2D eigenvalue weighted by molar-refractivity contribution is 0.648. The maximum absolute atomic E-state index is 4.37. The summed E-state index contributed by atoms with van der Waals surface area (Å²) in [6.45, 7) is 5.11. The molecule has 1 fully saturated rings. The molecule has 1 heterocycles. The standard InChI is InChI=1S/C21H28N4/c1-17-8-10-18(11-9-17)12-14-23-21(22-2)24-19-13-15-25(16-19)20-6-4-3-5-7-20/h3-11,19H,12-16H2,1-2H3,(H2,22,23,24). The molecule has 25 heavy (non-hydrogen) atoms. The fourth-order valence-electron chi connectivity index (χ4n) is 3.22. The number of guanidine groups is 1. The van der Waals surface area contributed by atoms with Crippen LogP contribution in [-0.2, 0) is 6.42 Å². The average Bonchev–Trinajstić information content (AvgIpc) is 3.12. The molecule has 1 atom stereocenters. The summed E-state index contributed by atoms with van der Waals surface area (Å²) in [6.07, 6.45) is 2.13. The van der Waals surface area contributed by atoms with E-state index in [9.17, 15) is 0 Å². The number of aryl methyl sites for hydroxylation is 1. The summed E-state index contributed by atoms with van der Waals surface area (Å²) in [4.78, 5) is 6.80. The third-order valence-electron chi connectivity index (χ3n) is 4.70. The largest absolute Gasteiger partial charge is 0.369 e. The van der Waals surface area contributed by atoms with E-state index in [1.54, 1.807) is 0 Å². The Morgan fingerprint density at radius 1 is 1.12 bits per heavy atom. The molecule has 132 valence electrons. The molecule has 4 heteroatoms. The minimum atomic E-state index is 0.436. The highest BCUT2D eigenvalue weighted by Crippen LogP contribution is 2.19. The average molecular weight is 336 g/mol. The molecule has 1 aliphatic rings. The molecule has 1 aliphatic heterocycles. The zero-order chi connectivity index (χ0) is 17.5. The Labute approximate surface area is 151 Å². The van der Waals surface area contributed by atoms with Crippen LogP contribution in [0.1, 0.15) is 17.5 Å². The van der Waals surface area contributed by atoms with Crippen LogP contribution in [0, 0.1) is 6.92 Å². The molecule has 0 spiro atoms. The molecular formula is C21H28N4. The van der Waals surface area contributed by atoms with Gasteiger partial charge < -0.3 is 15.5 Å². The van der Waals surface area contributed by atoms with Gasteiger partial charge in [-0.15, -0.1) is 0 Å². The minimum Gasteiger partial charge on any atom is -0.369 e. The zero-order valence-electron chi connectivity index (χ0n) is 15.2. The molecule has 4 nitrogen and oxygen atoms in total. The molecule has 2 aromatic carbocycles. The summed E-state index contributed by atoms with van der Waals surface area (Å²) < 4.78 is 0. The second kappa shape index (κ2) is 8.56. The second-order valence-electron chi connectivity index (χ2n) is 6.65. The van der Waals surface area contributed by atoms with Crippen LogP contribution in [0.5, 0.6) is 0 Å². The summed E-state index contributed by atoms with van der Waals surface area (Å²) in [5, 5.41) is 6.99. The number of hydrogen-bond acceptors (Lipinski definition) is 2. The maximum atomic E-state index is 4.37. The lowest BCUT2D eigenvalue weighted by Crippen LogP contribution is -2.45. The van der Waals surface area contributed by atoms with Gasteiger partial charge in [-0.25, -0.2) is 0 Å². The normalized spacial score (nSPS) is 17.6. The first-order chi connectivity index (χ1) is 12.2. The van der Waals surface area contributed by atoms with Gasteiger partial charge in [-0.05, 0) is 37.5 Å². The van der Waals surface area contributed by atoms with E-state index >= 15 is 0 Å². The van der Waals surface area contributed by atoms with Crippen molar-refractivity contribution < 1.29 is 0 Å². The van der Waals surface area contributed by atoms with E-state index in [1.807, 2.05) is 7.05 Å². The number of anilines is 1. The van der Waals surface area contributed by atoms with Gasteiger partial charge in [0.2, 0.25) is 0 Å². The van der Waals surface area contributed by atoms with Crippen LogP contribution in [0.15, 0.2) is 59.6 Å². The first kappa shape index (κ1) is 17.3. The van der Waals surface area contributed by atoms with E-state index in [-0.39, 0.29) is 0 Å². The van der Waals surface area contributed by atoms with Crippen LogP contribution < -0.4 is 15.5 Å². The first-order valence-electron chi connectivity index (χ1n) is 9.07. The minimum absolute atomic E-state index is 0.436. The van der Waals surface area contributed by atoms with Crippen LogP contribution in [0.4, 0.5) is 5.69 Å². The number of aliphatic imine (C=N–C) groups is 1. The van der Waals surface area contributed by atoms with Crippen molar-refractivity contribution in [1.82, 2.24) is 10.6 Å². The number of hydrogen-bond donors (Lipinski definition) is 2.